The molecule has 0 amide bonds. The number of ketones is 2. The second-order valence-electron chi connectivity index (χ2n) is 1.33. The maximum Gasteiger partial charge on any atom is 0.197 e. The molecule has 0 saturated carbocycles. The van der Waals surface area contributed by atoms with Crippen LogP contribution in [0.4, 0.5) is 0 Å². The van der Waals surface area contributed by atoms with E-state index in [1.165, 1.54) is 6.92 Å². The van der Waals surface area contributed by atoms with Gasteiger partial charge in [-0.05, 0) is 0 Å². The first kappa shape index (κ1) is 10.9. The third-order valence-corrected chi connectivity index (χ3v) is 0.714. The van der Waals surface area contributed by atoms with E-state index in [0.29, 0.717) is 6.42 Å². The fourth-order valence-corrected chi connectivity index (χ4v) is 0.249. The van der Waals surface area contributed by atoms with E-state index in [-0.39, 0.29) is 33.3 Å². The van der Waals surface area contributed by atoms with Crippen molar-refractivity contribution in [3.8, 4) is 0 Å². The van der Waals surface area contributed by atoms with Gasteiger partial charge in [0.15, 0.2) is 11.6 Å². The number of Topliss-reactive ketones (excluding diaryl/α,β-unsaturated/α-hetero) is 2. The van der Waals surface area contributed by atoms with Crippen molar-refractivity contribution >= 4 is 11.6 Å². The first-order valence-corrected chi connectivity index (χ1v) is 2.22. The Hall–Kier alpha value is 0.0543. The summed E-state index contributed by atoms with van der Waals surface area (Å²) in [6.07, 6.45) is 0.329. The number of hydrogen-bond donors (Lipinski definition) is 0. The Morgan fingerprint density at radius 3 is 1.75 bits per heavy atom. The van der Waals surface area contributed by atoms with Gasteiger partial charge < -0.3 is 0 Å². The summed E-state index contributed by atoms with van der Waals surface area (Å²) in [4.78, 5) is 20.2. The van der Waals surface area contributed by atoms with Crippen LogP contribution < -0.4 is 0 Å². The molecule has 0 N–H and O–H groups in total. The van der Waals surface area contributed by atoms with E-state index >= 15 is 0 Å². The largest absolute Gasteiger partial charge is 0.291 e. The van der Waals surface area contributed by atoms with Gasteiger partial charge in [0.2, 0.25) is 0 Å². The van der Waals surface area contributed by atoms with Gasteiger partial charge in [-0.2, -0.15) is 0 Å². The molecule has 0 bridgehead atoms. The third kappa shape index (κ3) is 4.22. The van der Waals surface area contributed by atoms with Gasteiger partial charge in [0.1, 0.15) is 0 Å². The predicted molar refractivity (Wildman–Crippen MR) is 26.0 cm³/mol. The van der Waals surface area contributed by atoms with E-state index in [0.717, 1.165) is 0 Å². The van der Waals surface area contributed by atoms with Crippen molar-refractivity contribution in [2.24, 2.45) is 0 Å². The van der Waals surface area contributed by atoms with Crippen molar-refractivity contribution in [3.63, 3.8) is 0 Å². The minimum Gasteiger partial charge on any atom is -0.291 e. The molecule has 2 nitrogen and oxygen atoms in total. The molecular formula is C5H8O2Ti. The molecule has 0 spiro atoms. The molecule has 3 heteroatoms. The molecular weight excluding hydrogens is 140 g/mol. The molecule has 0 unspecified atom stereocenters. The normalized spacial score (nSPS) is 7.25. The molecule has 0 aliphatic rings. The molecule has 0 aliphatic heterocycles. The zero-order chi connectivity index (χ0) is 5.86. The topological polar surface area (TPSA) is 34.1 Å². The van der Waals surface area contributed by atoms with Crippen LogP contribution in [-0.4, -0.2) is 11.6 Å². The molecule has 0 atom stereocenters. The van der Waals surface area contributed by atoms with Crippen molar-refractivity contribution in [1.82, 2.24) is 0 Å². The Kier molecular flexibility index (Phi) is 7.10. The summed E-state index contributed by atoms with van der Waals surface area (Å²) in [7, 11) is 0. The van der Waals surface area contributed by atoms with Crippen molar-refractivity contribution in [2.75, 3.05) is 0 Å². The maximum atomic E-state index is 10.2. The third-order valence-electron chi connectivity index (χ3n) is 0.714. The SMILES string of the molecule is CCC(=O)C(C)=O.[Ti]. The summed E-state index contributed by atoms with van der Waals surface area (Å²) in [5.41, 5.74) is 0. The average molecular weight is 148 g/mol. The molecule has 8 heavy (non-hydrogen) atoms. The van der Waals surface area contributed by atoms with Crippen LogP contribution in [-0.2, 0) is 31.3 Å². The van der Waals surface area contributed by atoms with Gasteiger partial charge in [-0.3, -0.25) is 9.59 Å². The molecule has 0 heterocycles. The number of carbonyl (C=O) groups excluding carboxylic acids is 2. The minimum atomic E-state index is -0.345. The quantitative estimate of drug-likeness (QED) is 0.423. The summed E-state index contributed by atoms with van der Waals surface area (Å²) in [6, 6.07) is 0. The van der Waals surface area contributed by atoms with Gasteiger partial charge in [-0.1, -0.05) is 6.92 Å². The van der Waals surface area contributed by atoms with Gasteiger partial charge >= 0.3 is 0 Å². The number of rotatable bonds is 2. The van der Waals surface area contributed by atoms with Crippen molar-refractivity contribution in [2.45, 2.75) is 20.3 Å². The minimum absolute atomic E-state index is 0. The molecule has 0 aromatic carbocycles. The fourth-order valence-electron chi connectivity index (χ4n) is 0.249. The first-order valence-electron chi connectivity index (χ1n) is 2.22. The fraction of sp³-hybridized carbons (Fsp3) is 0.600. The van der Waals surface area contributed by atoms with Gasteiger partial charge in [0.25, 0.3) is 0 Å². The summed E-state index contributed by atoms with van der Waals surface area (Å²) in [5.74, 6) is -0.637. The van der Waals surface area contributed by atoms with Gasteiger partial charge in [0, 0.05) is 35.1 Å². The molecule has 0 aromatic heterocycles. The van der Waals surface area contributed by atoms with Crippen molar-refractivity contribution in [1.29, 1.82) is 0 Å². The summed E-state index contributed by atoms with van der Waals surface area (Å²) < 4.78 is 0. The molecule has 0 aromatic rings. The van der Waals surface area contributed by atoms with E-state index in [1.54, 1.807) is 6.92 Å². The number of hydrogen-bond acceptors (Lipinski definition) is 2. The number of carbonyl (C=O) groups is 2. The summed E-state index contributed by atoms with van der Waals surface area (Å²) in [5, 5.41) is 0. The van der Waals surface area contributed by atoms with E-state index in [9.17, 15) is 9.59 Å². The van der Waals surface area contributed by atoms with Crippen molar-refractivity contribution < 1.29 is 31.3 Å². The Morgan fingerprint density at radius 1 is 1.38 bits per heavy atom. The Balaban J connectivity index is 0. The molecule has 0 aliphatic carbocycles. The van der Waals surface area contributed by atoms with Gasteiger partial charge in [0.05, 0.1) is 0 Å². The van der Waals surface area contributed by atoms with Crippen molar-refractivity contribution in [3.05, 3.63) is 0 Å². The summed E-state index contributed by atoms with van der Waals surface area (Å²) in [6.45, 7) is 2.95. The van der Waals surface area contributed by atoms with Crippen LogP contribution >= 0.6 is 0 Å². The Labute approximate surface area is 63.5 Å². The van der Waals surface area contributed by atoms with E-state index in [4.69, 9.17) is 0 Å². The van der Waals surface area contributed by atoms with Crippen LogP contribution in [0, 0.1) is 0 Å². The van der Waals surface area contributed by atoms with E-state index < -0.39 is 0 Å². The van der Waals surface area contributed by atoms with Gasteiger partial charge in [-0.15, -0.1) is 0 Å². The van der Waals surface area contributed by atoms with Crippen LogP contribution in [0.25, 0.3) is 0 Å². The average Bonchev–Trinajstić information content (AvgIpc) is 1.65. The van der Waals surface area contributed by atoms with Crippen LogP contribution in [0.5, 0.6) is 0 Å². The predicted octanol–water partition coefficient (Wildman–Crippen LogP) is 0.552. The van der Waals surface area contributed by atoms with E-state index in [1.807, 2.05) is 0 Å². The standard InChI is InChI=1S/C5H8O2.Ti/c1-3-5(7)4(2)6;/h3H2,1-2H3;. The molecule has 0 saturated heterocycles. The van der Waals surface area contributed by atoms with Crippen LogP contribution in [0.15, 0.2) is 0 Å². The Bertz CT molecular complexity index is 98.6. The first-order chi connectivity index (χ1) is 3.18. The molecule has 44 valence electrons. The second-order valence-corrected chi connectivity index (χ2v) is 1.33. The zero-order valence-corrected chi connectivity index (χ0v) is 6.59. The maximum absolute atomic E-state index is 10.2. The smallest absolute Gasteiger partial charge is 0.197 e. The zero-order valence-electron chi connectivity index (χ0n) is 5.02. The Morgan fingerprint density at radius 2 is 1.75 bits per heavy atom. The van der Waals surface area contributed by atoms with Crippen LogP contribution in [0.1, 0.15) is 20.3 Å². The van der Waals surface area contributed by atoms with Crippen LogP contribution in [0.3, 0.4) is 0 Å². The van der Waals surface area contributed by atoms with Crippen LogP contribution in [0.2, 0.25) is 0 Å². The second kappa shape index (κ2) is 5.20. The molecule has 0 rings (SSSR count). The van der Waals surface area contributed by atoms with E-state index in [2.05, 4.69) is 0 Å². The molecule has 0 fully saturated rings. The monoisotopic (exact) mass is 148 g/mol. The summed E-state index contributed by atoms with van der Waals surface area (Å²) >= 11 is 0. The van der Waals surface area contributed by atoms with Gasteiger partial charge in [-0.25, -0.2) is 0 Å². The molecule has 0 radical (unpaired) electrons.